The van der Waals surface area contributed by atoms with Crippen molar-refractivity contribution in [3.05, 3.63) is 60.7 Å². The molecular formula is C23H19FN4O3S. The number of benzene rings is 1. The highest BCUT2D eigenvalue weighted by Crippen LogP contribution is 2.29. The largest absolute Gasteiger partial charge is 0.437 e. The minimum atomic E-state index is -0.502. The summed E-state index contributed by atoms with van der Waals surface area (Å²) >= 11 is 1.28. The van der Waals surface area contributed by atoms with Gasteiger partial charge in [-0.25, -0.2) is 14.4 Å². The summed E-state index contributed by atoms with van der Waals surface area (Å²) in [5.74, 6) is 3.71. The van der Waals surface area contributed by atoms with Crippen molar-refractivity contribution < 1.29 is 18.1 Å². The summed E-state index contributed by atoms with van der Waals surface area (Å²) in [6, 6.07) is 7.58. The number of fused-ring (bicyclic) bond motifs is 1. The Morgan fingerprint density at radius 2 is 2.25 bits per heavy atom. The van der Waals surface area contributed by atoms with Crippen LogP contribution in [0, 0.1) is 24.1 Å². The van der Waals surface area contributed by atoms with Crippen molar-refractivity contribution in [2.45, 2.75) is 6.42 Å². The Balaban J connectivity index is 1.44. The molecule has 2 aromatic heterocycles. The fraction of sp³-hybridized carbons (Fsp3) is 0.217. The highest BCUT2D eigenvalue weighted by molar-refractivity contribution is 7.95. The lowest BCUT2D eigenvalue weighted by molar-refractivity contribution is -0.125. The van der Waals surface area contributed by atoms with Gasteiger partial charge in [0.25, 0.3) is 0 Å². The van der Waals surface area contributed by atoms with Crippen LogP contribution in [0.15, 0.2) is 49.3 Å². The number of hydrogen-bond acceptors (Lipinski definition) is 7. The highest BCUT2D eigenvalue weighted by atomic mass is 32.2. The van der Waals surface area contributed by atoms with E-state index in [1.807, 2.05) is 0 Å². The zero-order valence-corrected chi connectivity index (χ0v) is 17.8. The van der Waals surface area contributed by atoms with Gasteiger partial charge in [-0.15, -0.1) is 6.42 Å². The zero-order chi connectivity index (χ0) is 22.5. The maximum atomic E-state index is 13.6. The van der Waals surface area contributed by atoms with Crippen LogP contribution in [0.25, 0.3) is 11.0 Å². The average molecular weight is 450 g/mol. The summed E-state index contributed by atoms with van der Waals surface area (Å²) in [7, 11) is 0. The summed E-state index contributed by atoms with van der Waals surface area (Å²) in [6.07, 6.45) is 8.94. The van der Waals surface area contributed by atoms with Crippen molar-refractivity contribution in [3.8, 4) is 29.9 Å². The van der Waals surface area contributed by atoms with Gasteiger partial charge >= 0.3 is 0 Å². The molecular weight excluding hydrogens is 431 g/mol. The quantitative estimate of drug-likeness (QED) is 0.306. The van der Waals surface area contributed by atoms with Crippen LogP contribution in [0.1, 0.15) is 12.0 Å². The third-order valence-electron chi connectivity index (χ3n) is 4.95. The molecule has 7 nitrogen and oxygen atoms in total. The molecule has 1 aromatic carbocycles. The van der Waals surface area contributed by atoms with Crippen LogP contribution in [0.2, 0.25) is 0 Å². The van der Waals surface area contributed by atoms with E-state index in [-0.39, 0.29) is 17.4 Å². The van der Waals surface area contributed by atoms with Gasteiger partial charge in [-0.05, 0) is 42.7 Å². The van der Waals surface area contributed by atoms with Crippen LogP contribution in [-0.2, 0) is 4.79 Å². The smallest absolute Gasteiger partial charge is 0.249 e. The maximum absolute atomic E-state index is 13.6. The van der Waals surface area contributed by atoms with Gasteiger partial charge in [-0.2, -0.15) is 4.98 Å². The fourth-order valence-corrected chi connectivity index (χ4v) is 4.05. The second kappa shape index (κ2) is 9.66. The first-order chi connectivity index (χ1) is 15.6. The molecule has 1 aliphatic rings. The van der Waals surface area contributed by atoms with Gasteiger partial charge in [0.2, 0.25) is 17.7 Å². The van der Waals surface area contributed by atoms with E-state index in [1.54, 1.807) is 17.0 Å². The number of ether oxygens (including phenoxy) is 1. The number of halogens is 1. The normalized spacial score (nSPS) is 15.4. The average Bonchev–Trinajstić information content (AvgIpc) is 3.29. The molecule has 1 fully saturated rings. The van der Waals surface area contributed by atoms with Crippen LogP contribution < -0.4 is 8.92 Å². The molecule has 0 spiro atoms. The van der Waals surface area contributed by atoms with Gasteiger partial charge < -0.3 is 13.8 Å². The zero-order valence-electron chi connectivity index (χ0n) is 17.0. The van der Waals surface area contributed by atoms with E-state index in [0.717, 1.165) is 18.7 Å². The number of aromatic nitrogens is 3. The van der Waals surface area contributed by atoms with Crippen molar-refractivity contribution in [1.82, 2.24) is 19.9 Å². The molecule has 4 rings (SSSR count). The molecule has 3 heterocycles. The lowest BCUT2D eigenvalue weighted by Gasteiger charge is -2.13. The number of nitrogens with zero attached hydrogens (tertiary/aromatic N) is 4. The number of carbonyl (C=O) groups excluding carboxylic acids is 1. The molecule has 1 unspecified atom stereocenters. The summed E-state index contributed by atoms with van der Waals surface area (Å²) in [4.78, 5) is 26.3. The minimum Gasteiger partial charge on any atom is -0.437 e. The van der Waals surface area contributed by atoms with Gasteiger partial charge in [-0.1, -0.05) is 12.5 Å². The Kier molecular flexibility index (Phi) is 6.52. The molecule has 1 saturated heterocycles. The minimum absolute atomic E-state index is 0.0438. The summed E-state index contributed by atoms with van der Waals surface area (Å²) < 4.78 is 25.2. The fourth-order valence-electron chi connectivity index (χ4n) is 3.30. The van der Waals surface area contributed by atoms with Gasteiger partial charge in [-0.3, -0.25) is 4.79 Å². The van der Waals surface area contributed by atoms with E-state index in [2.05, 4.69) is 27.5 Å². The molecule has 1 amide bonds. The molecule has 3 aromatic rings. The Morgan fingerprint density at radius 1 is 1.38 bits per heavy atom. The molecule has 0 N–H and O–H groups in total. The SMILES string of the molecule is C#Cc1cc(Oc2ncnc3ccc(OSCC4CCN(C(=O)C=C)C4)nc23)ccc1F. The number of likely N-dealkylation sites (tertiary alicyclic amines) is 1. The van der Waals surface area contributed by atoms with Crippen LogP contribution in [0.5, 0.6) is 17.5 Å². The Labute approximate surface area is 188 Å². The Hall–Kier alpha value is -3.64. The molecule has 0 aliphatic carbocycles. The monoisotopic (exact) mass is 450 g/mol. The molecule has 1 atom stereocenters. The van der Waals surface area contributed by atoms with Crippen LogP contribution in [0.4, 0.5) is 4.39 Å². The van der Waals surface area contributed by atoms with Gasteiger partial charge in [0.1, 0.15) is 17.9 Å². The number of amides is 1. The lowest BCUT2D eigenvalue weighted by atomic mass is 10.2. The predicted molar refractivity (Wildman–Crippen MR) is 120 cm³/mol. The maximum Gasteiger partial charge on any atom is 0.249 e. The van der Waals surface area contributed by atoms with E-state index in [9.17, 15) is 9.18 Å². The first kappa shape index (κ1) is 21.6. The Morgan fingerprint density at radius 3 is 3.06 bits per heavy atom. The molecule has 9 heteroatoms. The summed E-state index contributed by atoms with van der Waals surface area (Å²) in [5.41, 5.74) is 1.07. The third-order valence-corrected chi connectivity index (χ3v) is 5.85. The van der Waals surface area contributed by atoms with E-state index in [0.29, 0.717) is 35.1 Å². The van der Waals surface area contributed by atoms with Crippen molar-refractivity contribution in [3.63, 3.8) is 0 Å². The standard InChI is InChI=1S/C23H19FN4O3S/c1-3-16-11-17(5-6-18(16)24)30-23-22-19(25-14-26-23)7-8-20(27-22)31-32-13-15-9-10-28(12-15)21(29)4-2/h1,4-8,11,14-15H,2,9-10,12-13H2. The summed E-state index contributed by atoms with van der Waals surface area (Å²) in [6.45, 7) is 4.95. The molecule has 32 heavy (non-hydrogen) atoms. The van der Waals surface area contributed by atoms with Crippen molar-refractivity contribution in [1.29, 1.82) is 0 Å². The molecule has 1 aliphatic heterocycles. The van der Waals surface area contributed by atoms with Crippen LogP contribution in [-0.4, -0.2) is 44.6 Å². The van der Waals surface area contributed by atoms with E-state index in [4.69, 9.17) is 15.3 Å². The number of hydrogen-bond donors (Lipinski definition) is 0. The van der Waals surface area contributed by atoms with Crippen molar-refractivity contribution in [2.75, 3.05) is 18.8 Å². The second-order valence-electron chi connectivity index (χ2n) is 7.10. The molecule has 0 radical (unpaired) electrons. The highest BCUT2D eigenvalue weighted by Gasteiger charge is 2.25. The summed E-state index contributed by atoms with van der Waals surface area (Å²) in [5, 5.41) is 0. The number of rotatable bonds is 7. The predicted octanol–water partition coefficient (Wildman–Crippen LogP) is 4.00. The first-order valence-corrected chi connectivity index (χ1v) is 10.7. The topological polar surface area (TPSA) is 77.4 Å². The molecule has 0 saturated carbocycles. The van der Waals surface area contributed by atoms with Gasteiger partial charge in [0, 0.05) is 24.9 Å². The van der Waals surface area contributed by atoms with Crippen molar-refractivity contribution >= 4 is 29.0 Å². The van der Waals surface area contributed by atoms with E-state index < -0.39 is 5.82 Å². The lowest BCUT2D eigenvalue weighted by Crippen LogP contribution is -2.26. The second-order valence-corrected chi connectivity index (χ2v) is 7.83. The third kappa shape index (κ3) is 4.81. The molecule has 162 valence electrons. The van der Waals surface area contributed by atoms with E-state index in [1.165, 1.54) is 42.6 Å². The first-order valence-electron chi connectivity index (χ1n) is 9.84. The van der Waals surface area contributed by atoms with Crippen molar-refractivity contribution in [2.24, 2.45) is 5.92 Å². The Bertz CT molecular complexity index is 1210. The molecule has 0 bridgehead atoms. The number of pyridine rings is 1. The number of terminal acetylenes is 1. The number of carbonyl (C=O) groups is 1. The van der Waals surface area contributed by atoms with E-state index >= 15 is 0 Å². The van der Waals surface area contributed by atoms with Crippen LogP contribution >= 0.6 is 12.0 Å². The van der Waals surface area contributed by atoms with Crippen LogP contribution in [0.3, 0.4) is 0 Å². The van der Waals surface area contributed by atoms with Gasteiger partial charge in [0.05, 0.1) is 23.1 Å². The van der Waals surface area contributed by atoms with Gasteiger partial charge in [0.15, 0.2) is 5.52 Å².